The lowest BCUT2D eigenvalue weighted by Gasteiger charge is -2.09. The van der Waals surface area contributed by atoms with Gasteiger partial charge in [0.1, 0.15) is 17.2 Å². The van der Waals surface area contributed by atoms with E-state index < -0.39 is 0 Å². The maximum atomic E-state index is 5.91. The van der Waals surface area contributed by atoms with Crippen LogP contribution in [0.15, 0.2) is 24.4 Å². The van der Waals surface area contributed by atoms with Gasteiger partial charge in [0, 0.05) is 18.8 Å². The van der Waals surface area contributed by atoms with E-state index in [0.717, 1.165) is 17.1 Å². The van der Waals surface area contributed by atoms with Crippen molar-refractivity contribution in [3.8, 4) is 22.8 Å². The molecule has 2 N–H and O–H groups in total. The van der Waals surface area contributed by atoms with Crippen molar-refractivity contribution >= 4 is 5.69 Å². The van der Waals surface area contributed by atoms with E-state index in [4.69, 9.17) is 15.2 Å². The fraction of sp³-hybridized carbons (Fsp3) is 0.250. The number of methoxy groups -OCH3 is 2. The van der Waals surface area contributed by atoms with Gasteiger partial charge >= 0.3 is 0 Å². The topological polar surface area (TPSA) is 62.3 Å². The molecule has 0 unspecified atom stereocenters. The van der Waals surface area contributed by atoms with Gasteiger partial charge < -0.3 is 15.2 Å². The van der Waals surface area contributed by atoms with E-state index in [1.807, 2.05) is 25.2 Å². The van der Waals surface area contributed by atoms with E-state index in [2.05, 4.69) is 5.10 Å². The molecule has 1 aromatic heterocycles. The van der Waals surface area contributed by atoms with Crippen LogP contribution in [-0.2, 0) is 7.05 Å². The molecule has 5 heteroatoms. The molecule has 2 aromatic rings. The van der Waals surface area contributed by atoms with E-state index >= 15 is 0 Å². The minimum atomic E-state index is 0.610. The summed E-state index contributed by atoms with van der Waals surface area (Å²) in [7, 11) is 5.06. The van der Waals surface area contributed by atoms with Gasteiger partial charge in [-0.1, -0.05) is 0 Å². The molecule has 0 amide bonds. The molecule has 0 aliphatic heterocycles. The highest BCUT2D eigenvalue weighted by molar-refractivity contribution is 5.77. The van der Waals surface area contributed by atoms with Crippen LogP contribution < -0.4 is 15.2 Å². The molecular formula is C12H15N3O2. The van der Waals surface area contributed by atoms with Gasteiger partial charge in [0.05, 0.1) is 19.9 Å². The van der Waals surface area contributed by atoms with Crippen LogP contribution in [0.1, 0.15) is 0 Å². The number of nitrogens with two attached hydrogens (primary N) is 1. The molecule has 0 aliphatic carbocycles. The Morgan fingerprint density at radius 1 is 1.24 bits per heavy atom. The van der Waals surface area contributed by atoms with Crippen molar-refractivity contribution in [3.63, 3.8) is 0 Å². The Balaban J connectivity index is 2.59. The van der Waals surface area contributed by atoms with Crippen molar-refractivity contribution < 1.29 is 9.47 Å². The number of rotatable bonds is 3. The van der Waals surface area contributed by atoms with E-state index in [1.54, 1.807) is 25.1 Å². The number of hydrogen-bond acceptors (Lipinski definition) is 4. The van der Waals surface area contributed by atoms with Crippen molar-refractivity contribution in [2.24, 2.45) is 7.05 Å². The molecule has 0 atom stereocenters. The monoisotopic (exact) mass is 233 g/mol. The minimum absolute atomic E-state index is 0.610. The highest BCUT2D eigenvalue weighted by Crippen LogP contribution is 2.35. The number of ether oxygens (including phenoxy) is 2. The number of aryl methyl sites for hydroxylation is 1. The Bertz CT molecular complexity index is 535. The number of aromatic nitrogens is 2. The summed E-state index contributed by atoms with van der Waals surface area (Å²) in [6.07, 6.45) is 1.76. The lowest BCUT2D eigenvalue weighted by Crippen LogP contribution is -1.94. The standard InChI is InChI=1S/C12H15N3O2/c1-15-7-10(13)12(14-15)9-6-8(16-2)4-5-11(9)17-3/h4-7H,13H2,1-3H3. The van der Waals surface area contributed by atoms with Crippen molar-refractivity contribution in [2.75, 3.05) is 20.0 Å². The predicted molar refractivity (Wildman–Crippen MR) is 66.2 cm³/mol. The third-order valence-corrected chi connectivity index (χ3v) is 2.52. The van der Waals surface area contributed by atoms with Crippen molar-refractivity contribution in [3.05, 3.63) is 24.4 Å². The Labute approximate surface area is 99.8 Å². The second-order valence-corrected chi connectivity index (χ2v) is 3.67. The van der Waals surface area contributed by atoms with Gasteiger partial charge in [-0.3, -0.25) is 4.68 Å². The molecule has 0 spiro atoms. The Kier molecular flexibility index (Phi) is 2.91. The van der Waals surface area contributed by atoms with Crippen LogP contribution in [0.25, 0.3) is 11.3 Å². The number of nitrogens with zero attached hydrogens (tertiary/aromatic N) is 2. The SMILES string of the molecule is COc1ccc(OC)c(-c2nn(C)cc2N)c1. The maximum Gasteiger partial charge on any atom is 0.128 e. The number of anilines is 1. The Morgan fingerprint density at radius 2 is 2.00 bits per heavy atom. The zero-order valence-electron chi connectivity index (χ0n) is 10.1. The van der Waals surface area contributed by atoms with Crippen molar-refractivity contribution in [2.45, 2.75) is 0 Å². The van der Waals surface area contributed by atoms with E-state index in [-0.39, 0.29) is 0 Å². The van der Waals surface area contributed by atoms with E-state index in [0.29, 0.717) is 11.4 Å². The summed E-state index contributed by atoms with van der Waals surface area (Å²) in [5.74, 6) is 1.46. The minimum Gasteiger partial charge on any atom is -0.497 e. The van der Waals surface area contributed by atoms with Gasteiger partial charge in [0.2, 0.25) is 0 Å². The molecule has 0 saturated carbocycles. The summed E-state index contributed by atoms with van der Waals surface area (Å²) in [5.41, 5.74) is 8.04. The molecule has 0 fully saturated rings. The van der Waals surface area contributed by atoms with Crippen LogP contribution in [0.5, 0.6) is 11.5 Å². The summed E-state index contributed by atoms with van der Waals surface area (Å²) < 4.78 is 12.2. The van der Waals surface area contributed by atoms with Crippen LogP contribution in [0.3, 0.4) is 0 Å². The van der Waals surface area contributed by atoms with Crippen LogP contribution >= 0.6 is 0 Å². The lowest BCUT2D eigenvalue weighted by molar-refractivity contribution is 0.404. The van der Waals surface area contributed by atoms with Gasteiger partial charge in [-0.15, -0.1) is 0 Å². The first kappa shape index (κ1) is 11.3. The zero-order chi connectivity index (χ0) is 12.4. The quantitative estimate of drug-likeness (QED) is 0.876. The van der Waals surface area contributed by atoms with Gasteiger partial charge in [0.25, 0.3) is 0 Å². The van der Waals surface area contributed by atoms with Gasteiger partial charge in [-0.2, -0.15) is 5.10 Å². The molecular weight excluding hydrogens is 218 g/mol. The molecule has 90 valence electrons. The fourth-order valence-corrected chi connectivity index (χ4v) is 1.72. The molecule has 1 aromatic carbocycles. The average molecular weight is 233 g/mol. The fourth-order valence-electron chi connectivity index (χ4n) is 1.72. The highest BCUT2D eigenvalue weighted by Gasteiger charge is 2.13. The first-order chi connectivity index (χ1) is 8.15. The average Bonchev–Trinajstić information content (AvgIpc) is 2.67. The highest BCUT2D eigenvalue weighted by atomic mass is 16.5. The molecule has 0 bridgehead atoms. The molecule has 17 heavy (non-hydrogen) atoms. The Morgan fingerprint density at radius 3 is 2.53 bits per heavy atom. The van der Waals surface area contributed by atoms with Crippen LogP contribution in [0, 0.1) is 0 Å². The molecule has 2 rings (SSSR count). The smallest absolute Gasteiger partial charge is 0.128 e. The van der Waals surface area contributed by atoms with Crippen molar-refractivity contribution in [1.82, 2.24) is 9.78 Å². The molecule has 5 nitrogen and oxygen atoms in total. The summed E-state index contributed by atoms with van der Waals surface area (Å²) in [6.45, 7) is 0. The van der Waals surface area contributed by atoms with Gasteiger partial charge in [0.15, 0.2) is 0 Å². The largest absolute Gasteiger partial charge is 0.497 e. The van der Waals surface area contributed by atoms with E-state index in [1.165, 1.54) is 0 Å². The number of nitrogen functional groups attached to an aromatic ring is 1. The van der Waals surface area contributed by atoms with Gasteiger partial charge in [-0.25, -0.2) is 0 Å². The maximum absolute atomic E-state index is 5.91. The third-order valence-electron chi connectivity index (χ3n) is 2.52. The van der Waals surface area contributed by atoms with Crippen LogP contribution in [0.4, 0.5) is 5.69 Å². The molecule has 0 radical (unpaired) electrons. The third kappa shape index (κ3) is 2.04. The van der Waals surface area contributed by atoms with Gasteiger partial charge in [-0.05, 0) is 18.2 Å². The van der Waals surface area contributed by atoms with E-state index in [9.17, 15) is 0 Å². The molecule has 1 heterocycles. The van der Waals surface area contributed by atoms with Crippen LogP contribution in [0.2, 0.25) is 0 Å². The predicted octanol–water partition coefficient (Wildman–Crippen LogP) is 1.69. The summed E-state index contributed by atoms with van der Waals surface area (Å²) in [5, 5.41) is 4.32. The summed E-state index contributed by atoms with van der Waals surface area (Å²) >= 11 is 0. The summed E-state index contributed by atoms with van der Waals surface area (Å²) in [4.78, 5) is 0. The summed E-state index contributed by atoms with van der Waals surface area (Å²) in [6, 6.07) is 5.53. The second kappa shape index (κ2) is 4.37. The number of benzene rings is 1. The zero-order valence-corrected chi connectivity index (χ0v) is 10.1. The Hall–Kier alpha value is -2.17. The first-order valence-electron chi connectivity index (χ1n) is 5.17. The van der Waals surface area contributed by atoms with Crippen LogP contribution in [-0.4, -0.2) is 24.0 Å². The van der Waals surface area contributed by atoms with Crippen molar-refractivity contribution in [1.29, 1.82) is 0 Å². The number of hydrogen-bond donors (Lipinski definition) is 1. The molecule has 0 aliphatic rings. The normalized spacial score (nSPS) is 10.3. The lowest BCUT2D eigenvalue weighted by atomic mass is 10.1. The molecule has 0 saturated heterocycles. The first-order valence-corrected chi connectivity index (χ1v) is 5.17. The second-order valence-electron chi connectivity index (χ2n) is 3.67.